The van der Waals surface area contributed by atoms with Crippen LogP contribution in [0.4, 0.5) is 5.95 Å². The summed E-state index contributed by atoms with van der Waals surface area (Å²) in [6.45, 7) is 1.12. The van der Waals surface area contributed by atoms with Crippen LogP contribution in [-0.4, -0.2) is 29.0 Å². The molecule has 2 aromatic rings. The molecule has 0 fully saturated rings. The number of fused-ring (bicyclic) bond motifs is 1. The smallest absolute Gasteiger partial charge is 0.222 e. The van der Waals surface area contributed by atoms with Gasteiger partial charge in [0.05, 0.1) is 12.6 Å². The molecule has 22 heavy (non-hydrogen) atoms. The topological polar surface area (TPSA) is 76.1 Å². The predicted octanol–water partition coefficient (Wildman–Crippen LogP) is 1.92. The van der Waals surface area contributed by atoms with E-state index in [0.717, 1.165) is 17.7 Å². The van der Waals surface area contributed by atoms with Crippen molar-refractivity contribution in [2.75, 3.05) is 18.5 Å². The van der Waals surface area contributed by atoms with Crippen LogP contribution in [0.1, 0.15) is 24.4 Å². The maximum Gasteiger partial charge on any atom is 0.222 e. The predicted molar refractivity (Wildman–Crippen MR) is 82.6 cm³/mol. The Morgan fingerprint density at radius 3 is 2.91 bits per heavy atom. The van der Waals surface area contributed by atoms with Gasteiger partial charge in [-0.3, -0.25) is 4.79 Å². The lowest BCUT2D eigenvalue weighted by Crippen LogP contribution is -2.33. The maximum absolute atomic E-state index is 12.1. The van der Waals surface area contributed by atoms with Crippen LogP contribution in [0.15, 0.2) is 42.7 Å². The minimum Gasteiger partial charge on any atom is -0.493 e. The van der Waals surface area contributed by atoms with E-state index in [4.69, 9.17) is 4.74 Å². The highest BCUT2D eigenvalue weighted by atomic mass is 16.5. The van der Waals surface area contributed by atoms with E-state index in [9.17, 15) is 4.79 Å². The van der Waals surface area contributed by atoms with Crippen molar-refractivity contribution in [3.05, 3.63) is 48.3 Å². The van der Waals surface area contributed by atoms with Gasteiger partial charge in [0.2, 0.25) is 11.9 Å². The van der Waals surface area contributed by atoms with Crippen molar-refractivity contribution in [1.29, 1.82) is 0 Å². The summed E-state index contributed by atoms with van der Waals surface area (Å²) in [5.41, 5.74) is 1.04. The standard InChI is InChI=1S/C16H18N4O2/c21-15(6-10-19-16-17-8-3-9-18-16)20-13-7-11-22-14-5-2-1-4-12(13)14/h1-5,8-9,13H,6-7,10-11H2,(H,20,21)(H,17,18,19). The monoisotopic (exact) mass is 298 g/mol. The molecule has 0 radical (unpaired) electrons. The van der Waals surface area contributed by atoms with Crippen molar-refractivity contribution in [1.82, 2.24) is 15.3 Å². The zero-order valence-corrected chi connectivity index (χ0v) is 12.2. The lowest BCUT2D eigenvalue weighted by molar-refractivity contribution is -0.121. The zero-order valence-electron chi connectivity index (χ0n) is 12.2. The summed E-state index contributed by atoms with van der Waals surface area (Å²) in [5, 5.41) is 6.09. The Kier molecular flexibility index (Phi) is 4.48. The van der Waals surface area contributed by atoms with Crippen LogP contribution in [-0.2, 0) is 4.79 Å². The fourth-order valence-electron chi connectivity index (χ4n) is 2.44. The molecular formula is C16H18N4O2. The average Bonchev–Trinajstić information content (AvgIpc) is 2.56. The number of anilines is 1. The van der Waals surface area contributed by atoms with E-state index in [0.29, 0.717) is 25.5 Å². The molecule has 2 heterocycles. The van der Waals surface area contributed by atoms with E-state index in [-0.39, 0.29) is 11.9 Å². The Bertz CT molecular complexity index is 633. The van der Waals surface area contributed by atoms with Crippen molar-refractivity contribution in [2.45, 2.75) is 18.9 Å². The SMILES string of the molecule is O=C(CCNc1ncccn1)NC1CCOc2ccccc21. The van der Waals surface area contributed by atoms with Crippen LogP contribution >= 0.6 is 0 Å². The first-order valence-corrected chi connectivity index (χ1v) is 7.35. The summed E-state index contributed by atoms with van der Waals surface area (Å²) >= 11 is 0. The number of aromatic nitrogens is 2. The fourth-order valence-corrected chi connectivity index (χ4v) is 2.44. The summed E-state index contributed by atoms with van der Waals surface area (Å²) in [6, 6.07) is 9.59. The third-order valence-electron chi connectivity index (χ3n) is 3.49. The molecule has 0 saturated carbocycles. The molecule has 0 bridgehead atoms. The number of nitrogens with zero attached hydrogens (tertiary/aromatic N) is 2. The number of ether oxygens (including phenoxy) is 1. The van der Waals surface area contributed by atoms with Crippen molar-refractivity contribution in [2.24, 2.45) is 0 Å². The Morgan fingerprint density at radius 1 is 1.23 bits per heavy atom. The lowest BCUT2D eigenvalue weighted by atomic mass is 10.0. The summed E-state index contributed by atoms with van der Waals surface area (Å²) in [5.74, 6) is 1.40. The number of carbonyl (C=O) groups excluding carboxylic acids is 1. The Morgan fingerprint density at radius 2 is 2.05 bits per heavy atom. The molecule has 6 nitrogen and oxygen atoms in total. The van der Waals surface area contributed by atoms with E-state index in [2.05, 4.69) is 20.6 Å². The third-order valence-corrected chi connectivity index (χ3v) is 3.49. The summed E-state index contributed by atoms with van der Waals surface area (Å²) in [4.78, 5) is 20.2. The highest BCUT2D eigenvalue weighted by Gasteiger charge is 2.22. The Balaban J connectivity index is 1.50. The van der Waals surface area contributed by atoms with Crippen LogP contribution in [0.3, 0.4) is 0 Å². The molecule has 1 amide bonds. The van der Waals surface area contributed by atoms with Crippen molar-refractivity contribution in [3.8, 4) is 5.75 Å². The maximum atomic E-state index is 12.1. The number of hydrogen-bond donors (Lipinski definition) is 2. The first-order valence-electron chi connectivity index (χ1n) is 7.35. The van der Waals surface area contributed by atoms with Gasteiger partial charge in [0.1, 0.15) is 5.75 Å². The normalized spacial score (nSPS) is 16.3. The number of hydrogen-bond acceptors (Lipinski definition) is 5. The van der Waals surface area contributed by atoms with Gasteiger partial charge in [-0.05, 0) is 12.1 Å². The molecule has 114 valence electrons. The van der Waals surface area contributed by atoms with Gasteiger partial charge in [0.15, 0.2) is 0 Å². The molecule has 1 aliphatic rings. The number of carbonyl (C=O) groups is 1. The Labute approximate surface area is 128 Å². The summed E-state index contributed by atoms with van der Waals surface area (Å²) in [7, 11) is 0. The fraction of sp³-hybridized carbons (Fsp3) is 0.312. The second-order valence-electron chi connectivity index (χ2n) is 5.04. The van der Waals surface area contributed by atoms with Crippen molar-refractivity contribution < 1.29 is 9.53 Å². The molecular weight excluding hydrogens is 280 g/mol. The van der Waals surface area contributed by atoms with Crippen LogP contribution in [0.2, 0.25) is 0 Å². The lowest BCUT2D eigenvalue weighted by Gasteiger charge is -2.26. The van der Waals surface area contributed by atoms with Crippen LogP contribution in [0, 0.1) is 0 Å². The van der Waals surface area contributed by atoms with E-state index >= 15 is 0 Å². The number of amides is 1. The molecule has 1 atom stereocenters. The van der Waals surface area contributed by atoms with Crippen molar-refractivity contribution in [3.63, 3.8) is 0 Å². The molecule has 1 aliphatic heterocycles. The molecule has 0 saturated heterocycles. The van der Waals surface area contributed by atoms with E-state index in [1.807, 2.05) is 24.3 Å². The van der Waals surface area contributed by atoms with Crippen LogP contribution in [0.25, 0.3) is 0 Å². The second-order valence-corrected chi connectivity index (χ2v) is 5.04. The zero-order chi connectivity index (χ0) is 15.2. The molecule has 1 aromatic carbocycles. The number of rotatable bonds is 5. The molecule has 3 rings (SSSR count). The molecule has 2 N–H and O–H groups in total. The van der Waals surface area contributed by atoms with Gasteiger partial charge < -0.3 is 15.4 Å². The first kappa shape index (κ1) is 14.3. The highest BCUT2D eigenvalue weighted by molar-refractivity contribution is 5.77. The van der Waals surface area contributed by atoms with Gasteiger partial charge in [-0.15, -0.1) is 0 Å². The number of para-hydroxylation sites is 1. The van der Waals surface area contributed by atoms with Gasteiger partial charge in [0, 0.05) is 37.3 Å². The minimum atomic E-state index is 0.00475. The second kappa shape index (κ2) is 6.89. The summed E-state index contributed by atoms with van der Waals surface area (Å²) in [6.07, 6.45) is 4.48. The third kappa shape index (κ3) is 3.52. The van der Waals surface area contributed by atoms with Crippen molar-refractivity contribution >= 4 is 11.9 Å². The van der Waals surface area contributed by atoms with E-state index in [1.54, 1.807) is 18.5 Å². The highest BCUT2D eigenvalue weighted by Crippen LogP contribution is 2.31. The first-order chi connectivity index (χ1) is 10.8. The van der Waals surface area contributed by atoms with Gasteiger partial charge >= 0.3 is 0 Å². The van der Waals surface area contributed by atoms with Gasteiger partial charge in [-0.1, -0.05) is 18.2 Å². The summed E-state index contributed by atoms with van der Waals surface area (Å²) < 4.78 is 5.59. The molecule has 1 aromatic heterocycles. The van der Waals surface area contributed by atoms with Gasteiger partial charge in [-0.2, -0.15) is 0 Å². The number of nitrogens with one attached hydrogen (secondary N) is 2. The van der Waals surface area contributed by atoms with Crippen LogP contribution < -0.4 is 15.4 Å². The average molecular weight is 298 g/mol. The quantitative estimate of drug-likeness (QED) is 0.882. The molecule has 1 unspecified atom stereocenters. The molecule has 0 spiro atoms. The number of benzene rings is 1. The molecule has 0 aliphatic carbocycles. The Hall–Kier alpha value is -2.63. The van der Waals surface area contributed by atoms with Crippen LogP contribution in [0.5, 0.6) is 5.75 Å². The molecule has 6 heteroatoms. The largest absolute Gasteiger partial charge is 0.493 e. The van der Waals surface area contributed by atoms with Gasteiger partial charge in [0.25, 0.3) is 0 Å². The van der Waals surface area contributed by atoms with E-state index in [1.165, 1.54) is 0 Å². The van der Waals surface area contributed by atoms with Gasteiger partial charge in [-0.25, -0.2) is 9.97 Å². The van der Waals surface area contributed by atoms with E-state index < -0.39 is 0 Å². The minimum absolute atomic E-state index is 0.00475.